The summed E-state index contributed by atoms with van der Waals surface area (Å²) in [6.07, 6.45) is 2.85. The fourth-order valence-electron chi connectivity index (χ4n) is 3.19. The minimum atomic E-state index is -0.0297. The molecule has 1 fully saturated rings. The van der Waals surface area contributed by atoms with Crippen molar-refractivity contribution in [3.63, 3.8) is 0 Å². The van der Waals surface area contributed by atoms with Gasteiger partial charge in [0.2, 0.25) is 5.91 Å². The van der Waals surface area contributed by atoms with E-state index >= 15 is 0 Å². The van der Waals surface area contributed by atoms with Crippen LogP contribution >= 0.6 is 12.4 Å². The van der Waals surface area contributed by atoms with Crippen LogP contribution < -0.4 is 10.6 Å². The summed E-state index contributed by atoms with van der Waals surface area (Å²) < 4.78 is 0. The predicted octanol–water partition coefficient (Wildman–Crippen LogP) is 1.82. The number of piperidine rings is 1. The van der Waals surface area contributed by atoms with E-state index in [1.165, 1.54) is 12.5 Å². The third-order valence-electron chi connectivity index (χ3n) is 4.18. The molecule has 1 aromatic carbocycles. The van der Waals surface area contributed by atoms with Gasteiger partial charge in [-0.05, 0) is 43.0 Å². The number of hydrogen-bond acceptors (Lipinski definition) is 3. The second kappa shape index (κ2) is 7.01. The molecule has 0 saturated carbocycles. The van der Waals surface area contributed by atoms with Crippen molar-refractivity contribution in [1.29, 1.82) is 0 Å². The number of hydrogen-bond donors (Lipinski definition) is 2. The van der Waals surface area contributed by atoms with Crippen molar-refractivity contribution in [3.05, 3.63) is 29.3 Å². The van der Waals surface area contributed by atoms with E-state index in [4.69, 9.17) is 0 Å². The summed E-state index contributed by atoms with van der Waals surface area (Å²) in [6.45, 7) is 3.84. The summed E-state index contributed by atoms with van der Waals surface area (Å²) in [5, 5.41) is 6.22. The SMILES string of the molecule is CC(=O)NC1CCCN(C(=O)c2ccc3c(c2)CCN3)C1.Cl. The molecule has 0 spiro atoms. The largest absolute Gasteiger partial charge is 0.384 e. The Hall–Kier alpha value is -1.75. The first-order valence-corrected chi connectivity index (χ1v) is 7.56. The molecular weight excluding hydrogens is 302 g/mol. The van der Waals surface area contributed by atoms with E-state index in [0.29, 0.717) is 6.54 Å². The summed E-state index contributed by atoms with van der Waals surface area (Å²) in [7, 11) is 0. The van der Waals surface area contributed by atoms with Crippen molar-refractivity contribution in [2.24, 2.45) is 0 Å². The van der Waals surface area contributed by atoms with Crippen molar-refractivity contribution < 1.29 is 9.59 Å². The van der Waals surface area contributed by atoms with Gasteiger partial charge in [-0.2, -0.15) is 0 Å². The fourth-order valence-corrected chi connectivity index (χ4v) is 3.19. The first-order valence-electron chi connectivity index (χ1n) is 7.56. The maximum atomic E-state index is 12.6. The van der Waals surface area contributed by atoms with Gasteiger partial charge >= 0.3 is 0 Å². The molecule has 2 aliphatic heterocycles. The lowest BCUT2D eigenvalue weighted by atomic mass is 10.0. The van der Waals surface area contributed by atoms with Crippen molar-refractivity contribution in [3.8, 4) is 0 Å². The van der Waals surface area contributed by atoms with Gasteiger partial charge in [-0.15, -0.1) is 12.4 Å². The molecule has 0 aliphatic carbocycles. The second-order valence-corrected chi connectivity index (χ2v) is 5.84. The van der Waals surface area contributed by atoms with E-state index < -0.39 is 0 Å². The Labute approximate surface area is 136 Å². The quantitative estimate of drug-likeness (QED) is 0.872. The number of halogens is 1. The van der Waals surface area contributed by atoms with Crippen LogP contribution in [0.2, 0.25) is 0 Å². The van der Waals surface area contributed by atoms with Crippen LogP contribution in [0, 0.1) is 0 Å². The Bertz CT molecular complexity index is 577. The highest BCUT2D eigenvalue weighted by atomic mass is 35.5. The average Bonchev–Trinajstić information content (AvgIpc) is 2.93. The number of nitrogens with zero attached hydrogens (tertiary/aromatic N) is 1. The van der Waals surface area contributed by atoms with Crippen LogP contribution in [0.1, 0.15) is 35.7 Å². The van der Waals surface area contributed by atoms with Crippen LogP contribution in [0.4, 0.5) is 5.69 Å². The number of anilines is 1. The van der Waals surface area contributed by atoms with E-state index in [1.54, 1.807) is 0 Å². The number of carbonyl (C=O) groups is 2. The van der Waals surface area contributed by atoms with E-state index in [2.05, 4.69) is 10.6 Å². The molecular formula is C16H22ClN3O2. The minimum Gasteiger partial charge on any atom is -0.384 e. The van der Waals surface area contributed by atoms with Gasteiger partial charge in [0.05, 0.1) is 0 Å². The number of likely N-dealkylation sites (tertiary alicyclic amines) is 1. The first-order chi connectivity index (χ1) is 10.1. The van der Waals surface area contributed by atoms with Crippen molar-refractivity contribution in [1.82, 2.24) is 10.2 Å². The molecule has 120 valence electrons. The topological polar surface area (TPSA) is 61.4 Å². The number of carbonyl (C=O) groups excluding carboxylic acids is 2. The lowest BCUT2D eigenvalue weighted by Crippen LogP contribution is -2.49. The normalized spacial score (nSPS) is 19.7. The van der Waals surface area contributed by atoms with Crippen LogP contribution in [0.25, 0.3) is 0 Å². The summed E-state index contributed by atoms with van der Waals surface area (Å²) in [5.74, 6) is 0.0395. The van der Waals surface area contributed by atoms with Gasteiger partial charge in [-0.25, -0.2) is 0 Å². The number of nitrogens with one attached hydrogen (secondary N) is 2. The maximum absolute atomic E-state index is 12.6. The maximum Gasteiger partial charge on any atom is 0.253 e. The van der Waals surface area contributed by atoms with Crippen LogP contribution in [0.15, 0.2) is 18.2 Å². The zero-order chi connectivity index (χ0) is 14.8. The zero-order valence-electron chi connectivity index (χ0n) is 12.7. The Morgan fingerprint density at radius 1 is 1.36 bits per heavy atom. The Morgan fingerprint density at radius 2 is 2.18 bits per heavy atom. The summed E-state index contributed by atoms with van der Waals surface area (Å²) in [6, 6.07) is 5.96. The van der Waals surface area contributed by atoms with E-state index in [9.17, 15) is 9.59 Å². The van der Waals surface area contributed by atoms with Gasteiger partial charge in [-0.1, -0.05) is 0 Å². The molecule has 22 heavy (non-hydrogen) atoms. The second-order valence-electron chi connectivity index (χ2n) is 5.84. The predicted molar refractivity (Wildman–Crippen MR) is 88.6 cm³/mol. The number of rotatable bonds is 2. The Balaban J connectivity index is 0.00000176. The van der Waals surface area contributed by atoms with Gasteiger partial charge in [-0.3, -0.25) is 9.59 Å². The molecule has 6 heteroatoms. The lowest BCUT2D eigenvalue weighted by Gasteiger charge is -2.33. The molecule has 2 heterocycles. The van der Waals surface area contributed by atoms with Gasteiger partial charge in [0, 0.05) is 43.9 Å². The van der Waals surface area contributed by atoms with Crippen LogP contribution in [0.3, 0.4) is 0 Å². The number of benzene rings is 1. The van der Waals surface area contributed by atoms with Crippen LogP contribution in [-0.2, 0) is 11.2 Å². The molecule has 0 radical (unpaired) electrons. The standard InChI is InChI=1S/C16H21N3O2.ClH/c1-11(20)18-14-3-2-8-19(10-14)16(21)13-4-5-15-12(9-13)6-7-17-15;/h4-5,9,14,17H,2-3,6-8,10H2,1H3,(H,18,20);1H. The molecule has 1 atom stereocenters. The molecule has 2 aliphatic rings. The summed E-state index contributed by atoms with van der Waals surface area (Å²) >= 11 is 0. The highest BCUT2D eigenvalue weighted by Crippen LogP contribution is 2.24. The number of fused-ring (bicyclic) bond motifs is 1. The van der Waals surface area contributed by atoms with Crippen molar-refractivity contribution >= 4 is 29.9 Å². The molecule has 3 rings (SSSR count). The Kier molecular flexibility index (Phi) is 5.29. The smallest absolute Gasteiger partial charge is 0.253 e. The minimum absolute atomic E-state index is 0. The molecule has 1 unspecified atom stereocenters. The van der Waals surface area contributed by atoms with E-state index in [1.807, 2.05) is 23.1 Å². The molecule has 5 nitrogen and oxygen atoms in total. The van der Waals surface area contributed by atoms with E-state index in [0.717, 1.165) is 43.6 Å². The lowest BCUT2D eigenvalue weighted by molar-refractivity contribution is -0.120. The van der Waals surface area contributed by atoms with Gasteiger partial charge < -0.3 is 15.5 Å². The molecule has 1 saturated heterocycles. The summed E-state index contributed by atoms with van der Waals surface area (Å²) in [4.78, 5) is 25.6. The molecule has 0 aromatic heterocycles. The summed E-state index contributed by atoms with van der Waals surface area (Å²) in [5.41, 5.74) is 3.11. The van der Waals surface area contributed by atoms with Gasteiger partial charge in [0.1, 0.15) is 0 Å². The van der Waals surface area contributed by atoms with Crippen LogP contribution in [-0.4, -0.2) is 42.4 Å². The zero-order valence-corrected chi connectivity index (χ0v) is 13.5. The third kappa shape index (κ3) is 3.53. The van der Waals surface area contributed by atoms with Crippen LogP contribution in [0.5, 0.6) is 0 Å². The molecule has 0 bridgehead atoms. The third-order valence-corrected chi connectivity index (χ3v) is 4.18. The molecule has 2 amide bonds. The van der Waals surface area contributed by atoms with Gasteiger partial charge in [0.15, 0.2) is 0 Å². The number of amides is 2. The average molecular weight is 324 g/mol. The van der Waals surface area contributed by atoms with Gasteiger partial charge in [0.25, 0.3) is 5.91 Å². The first kappa shape index (κ1) is 16.6. The monoisotopic (exact) mass is 323 g/mol. The highest BCUT2D eigenvalue weighted by molar-refractivity contribution is 5.95. The molecule has 2 N–H and O–H groups in total. The van der Waals surface area contributed by atoms with E-state index in [-0.39, 0.29) is 30.3 Å². The highest BCUT2D eigenvalue weighted by Gasteiger charge is 2.25. The fraction of sp³-hybridized carbons (Fsp3) is 0.500. The van der Waals surface area contributed by atoms with Crippen molar-refractivity contribution in [2.75, 3.05) is 25.0 Å². The van der Waals surface area contributed by atoms with Crippen molar-refractivity contribution in [2.45, 2.75) is 32.2 Å². The molecule has 1 aromatic rings. The Morgan fingerprint density at radius 3 is 2.95 bits per heavy atom.